The van der Waals surface area contributed by atoms with Gasteiger partial charge in [-0.3, -0.25) is 19.6 Å². The predicted molar refractivity (Wildman–Crippen MR) is 66.4 cm³/mol. The molecule has 1 aromatic rings. The van der Waals surface area contributed by atoms with E-state index in [4.69, 9.17) is 5.11 Å². The van der Waals surface area contributed by atoms with Gasteiger partial charge < -0.3 is 5.11 Å². The van der Waals surface area contributed by atoms with Crippen molar-refractivity contribution in [3.8, 4) is 0 Å². The topological polar surface area (TPSA) is 135 Å². The lowest BCUT2D eigenvalue weighted by Crippen LogP contribution is -2.42. The van der Waals surface area contributed by atoms with Crippen LogP contribution in [0.1, 0.15) is 5.56 Å². The zero-order chi connectivity index (χ0) is 14.7. The van der Waals surface area contributed by atoms with Gasteiger partial charge in [0.05, 0.1) is 6.61 Å². The van der Waals surface area contributed by atoms with Crippen molar-refractivity contribution < 1.29 is 37.8 Å². The number of rotatable bonds is 6. The summed E-state index contributed by atoms with van der Waals surface area (Å²) >= 11 is 0. The maximum absolute atomic E-state index is 11.6. The SMILES string of the molecule is O=P(O)(O)[N+](CCO)(Cc1ccccc1)P(=O)(O)O. The highest BCUT2D eigenvalue weighted by Gasteiger charge is 2.59. The molecule has 0 radical (unpaired) electrons. The number of aliphatic hydroxyl groups excluding tert-OH is 1. The van der Waals surface area contributed by atoms with Crippen molar-refractivity contribution in [3.63, 3.8) is 0 Å². The van der Waals surface area contributed by atoms with E-state index in [0.717, 1.165) is 0 Å². The number of nitrogens with zero attached hydrogens (tertiary/aromatic N) is 1. The molecule has 1 rings (SSSR count). The van der Waals surface area contributed by atoms with Gasteiger partial charge in [0.1, 0.15) is 13.1 Å². The van der Waals surface area contributed by atoms with E-state index in [1.165, 1.54) is 12.1 Å². The van der Waals surface area contributed by atoms with Gasteiger partial charge in [-0.05, 0) is 0 Å². The minimum atomic E-state index is -5.20. The Bertz CT molecular complexity index is 487. The van der Waals surface area contributed by atoms with Gasteiger partial charge in [-0.1, -0.05) is 30.3 Å². The third kappa shape index (κ3) is 3.51. The number of hydrogen-bond acceptors (Lipinski definition) is 3. The van der Waals surface area contributed by atoms with Crippen LogP contribution in [0.2, 0.25) is 0 Å². The van der Waals surface area contributed by atoms with Gasteiger partial charge in [-0.2, -0.15) is 0 Å². The van der Waals surface area contributed by atoms with Crippen molar-refractivity contribution in [1.82, 2.24) is 0 Å². The molecule has 0 amide bonds. The minimum Gasteiger partial charge on any atom is -0.391 e. The molecule has 0 fully saturated rings. The third-order valence-corrected chi connectivity index (χ3v) is 6.73. The molecule has 0 aromatic heterocycles. The van der Waals surface area contributed by atoms with E-state index < -0.39 is 39.2 Å². The summed E-state index contributed by atoms with van der Waals surface area (Å²) in [6.07, 6.45) is 0. The highest BCUT2D eigenvalue weighted by molar-refractivity contribution is 7.58. The van der Waals surface area contributed by atoms with Gasteiger partial charge in [0, 0.05) is 5.56 Å². The molecule has 108 valence electrons. The van der Waals surface area contributed by atoms with Crippen LogP contribution < -0.4 is 0 Å². The molecule has 0 saturated carbocycles. The molecule has 0 aliphatic heterocycles. The van der Waals surface area contributed by atoms with Crippen molar-refractivity contribution in [2.24, 2.45) is 0 Å². The van der Waals surface area contributed by atoms with Crippen LogP contribution >= 0.6 is 15.5 Å². The summed E-state index contributed by atoms with van der Waals surface area (Å²) in [7, 11) is -10.4. The van der Waals surface area contributed by atoms with E-state index in [0.29, 0.717) is 5.56 Å². The van der Waals surface area contributed by atoms with Crippen LogP contribution in [0.25, 0.3) is 0 Å². The smallest absolute Gasteiger partial charge is 0.391 e. The normalized spacial score (nSPS) is 13.5. The quantitative estimate of drug-likeness (QED) is 0.473. The maximum atomic E-state index is 11.6. The van der Waals surface area contributed by atoms with Gasteiger partial charge >= 0.3 is 15.5 Å². The molecular weight excluding hydrogens is 296 g/mol. The molecule has 0 aliphatic carbocycles. The first-order chi connectivity index (χ1) is 8.64. The van der Waals surface area contributed by atoms with Gasteiger partial charge in [-0.15, -0.1) is 4.02 Å². The van der Waals surface area contributed by atoms with Crippen LogP contribution in [-0.2, 0) is 15.7 Å². The Hall–Kier alpha value is -0.560. The average Bonchev–Trinajstić information content (AvgIpc) is 2.26. The van der Waals surface area contributed by atoms with E-state index in [1.54, 1.807) is 18.2 Å². The van der Waals surface area contributed by atoms with E-state index in [9.17, 15) is 28.7 Å². The summed E-state index contributed by atoms with van der Waals surface area (Å²) in [6, 6.07) is 7.83. The molecule has 5 N–H and O–H groups in total. The van der Waals surface area contributed by atoms with E-state index in [1.807, 2.05) is 0 Å². The summed E-state index contributed by atoms with van der Waals surface area (Å²) in [5.74, 6) is 0. The van der Waals surface area contributed by atoms with E-state index >= 15 is 0 Å². The first-order valence-electron chi connectivity index (χ1n) is 5.28. The molecule has 0 bridgehead atoms. The van der Waals surface area contributed by atoms with Crippen LogP contribution in [0.15, 0.2) is 30.3 Å². The second-order valence-electron chi connectivity index (χ2n) is 4.00. The molecule has 0 saturated heterocycles. The minimum absolute atomic E-state index is 0.350. The van der Waals surface area contributed by atoms with Gasteiger partial charge in [0.15, 0.2) is 0 Å². The molecule has 0 heterocycles. The monoisotopic (exact) mass is 312 g/mol. The number of quaternary nitrogens is 1. The molecule has 10 heteroatoms. The van der Waals surface area contributed by atoms with Gasteiger partial charge in [-0.25, -0.2) is 9.13 Å². The van der Waals surface area contributed by atoms with Crippen molar-refractivity contribution in [2.45, 2.75) is 6.54 Å². The molecule has 0 spiro atoms. The molecule has 0 aliphatic rings. The molecule has 1 aromatic carbocycles. The Morgan fingerprint density at radius 1 is 0.947 bits per heavy atom. The zero-order valence-electron chi connectivity index (χ0n) is 9.90. The second-order valence-corrected chi connectivity index (χ2v) is 7.90. The third-order valence-electron chi connectivity index (χ3n) is 2.71. The highest BCUT2D eigenvalue weighted by Crippen LogP contribution is 2.66. The van der Waals surface area contributed by atoms with Gasteiger partial charge in [0.25, 0.3) is 0 Å². The fraction of sp³-hybridized carbons (Fsp3) is 0.333. The summed E-state index contributed by atoms with van der Waals surface area (Å²) in [5, 5.41) is 8.90. The summed E-state index contributed by atoms with van der Waals surface area (Å²) in [4.78, 5) is 37.3. The van der Waals surface area contributed by atoms with E-state index in [2.05, 4.69) is 0 Å². The Balaban J connectivity index is 3.33. The van der Waals surface area contributed by atoms with Crippen LogP contribution in [0.3, 0.4) is 0 Å². The van der Waals surface area contributed by atoms with Crippen molar-refractivity contribution in [3.05, 3.63) is 35.9 Å². The Kier molecular flexibility index (Phi) is 5.06. The Labute approximate surface area is 110 Å². The van der Waals surface area contributed by atoms with Crippen molar-refractivity contribution >= 4 is 15.5 Å². The van der Waals surface area contributed by atoms with Crippen molar-refractivity contribution in [2.75, 3.05) is 13.2 Å². The Morgan fingerprint density at radius 2 is 1.42 bits per heavy atom. The number of benzene rings is 1. The lowest BCUT2D eigenvalue weighted by atomic mass is 10.2. The standard InChI is InChI=1S/C9H15NO7P2/c11-7-6-10(18(12,13)14,19(15,16)17)8-9-4-2-1-3-5-9/h1-5,11H,6-8H2,(H3-,12,13,14,15,16,17)/p+1. The fourth-order valence-corrected chi connectivity index (χ4v) is 4.32. The van der Waals surface area contributed by atoms with Crippen LogP contribution in [0.4, 0.5) is 0 Å². The first-order valence-corrected chi connectivity index (χ1v) is 8.41. The van der Waals surface area contributed by atoms with E-state index in [-0.39, 0.29) is 0 Å². The lowest BCUT2D eigenvalue weighted by molar-refractivity contribution is -0.729. The summed E-state index contributed by atoms with van der Waals surface area (Å²) in [5.41, 5.74) is 0.350. The summed E-state index contributed by atoms with van der Waals surface area (Å²) < 4.78 is 21.3. The molecule has 0 unspecified atom stereocenters. The largest absolute Gasteiger partial charge is 0.533 e. The summed E-state index contributed by atoms with van der Waals surface area (Å²) in [6.45, 7) is -2.08. The highest BCUT2D eigenvalue weighted by atomic mass is 31.3. The molecule has 8 nitrogen and oxygen atoms in total. The Morgan fingerprint density at radius 3 is 1.79 bits per heavy atom. The van der Waals surface area contributed by atoms with Crippen molar-refractivity contribution in [1.29, 1.82) is 0 Å². The van der Waals surface area contributed by atoms with Gasteiger partial charge in [0.2, 0.25) is 0 Å². The lowest BCUT2D eigenvalue weighted by Gasteiger charge is -2.36. The fourth-order valence-electron chi connectivity index (χ4n) is 1.71. The van der Waals surface area contributed by atoms with Crippen LogP contribution in [-0.4, -0.2) is 41.9 Å². The molecular formula is C9H16NO7P2+. The molecule has 0 atom stereocenters. The number of aliphatic hydroxyl groups is 1. The number of hydrogen-bond donors (Lipinski definition) is 5. The van der Waals surface area contributed by atoms with Crippen LogP contribution in [0.5, 0.6) is 0 Å². The predicted octanol–water partition coefficient (Wildman–Crippen LogP) is 0.181. The average molecular weight is 312 g/mol. The first kappa shape index (κ1) is 16.5. The molecule has 19 heavy (non-hydrogen) atoms. The maximum Gasteiger partial charge on any atom is 0.533 e. The van der Waals surface area contributed by atoms with Crippen LogP contribution in [0, 0.1) is 0 Å². The zero-order valence-corrected chi connectivity index (χ0v) is 11.7. The second kappa shape index (κ2) is 5.83.